The van der Waals surface area contributed by atoms with Crippen LogP contribution >= 0.6 is 48.7 Å². The third kappa shape index (κ3) is 19.8. The minimum Gasteiger partial charge on any atom is -0.312 e. The minimum absolute atomic E-state index is 0.195. The van der Waals surface area contributed by atoms with Crippen LogP contribution in [-0.2, 0) is 40.7 Å². The van der Waals surface area contributed by atoms with E-state index in [9.17, 15) is 0 Å². The molecule has 20 heteroatoms. The first-order chi connectivity index (χ1) is 39.8. The van der Waals surface area contributed by atoms with Crippen LogP contribution in [0.2, 0.25) is 0 Å². The monoisotopic (exact) mass is 1280 g/mol. The molecule has 0 radical (unpaired) electrons. The fourth-order valence-electron chi connectivity index (χ4n) is 15.0. The van der Waals surface area contributed by atoms with Crippen molar-refractivity contribution in [2.45, 2.75) is 348 Å². The molecule has 1 atom stereocenters. The first kappa shape index (κ1) is 67.0. The van der Waals surface area contributed by atoms with E-state index >= 15 is 0 Å². The Bertz CT molecular complexity index is 2100. The quantitative estimate of drug-likeness (QED) is 0.122. The van der Waals surface area contributed by atoms with Crippen LogP contribution in [0.3, 0.4) is 0 Å². The van der Waals surface area contributed by atoms with Crippen LogP contribution in [0.4, 0.5) is 0 Å². The minimum atomic E-state index is -4.08. The number of rotatable bonds is 18. The summed E-state index contributed by atoms with van der Waals surface area (Å²) in [6.45, 7) is 17.3. The summed E-state index contributed by atoms with van der Waals surface area (Å²) in [7, 11) is -16.3. The summed E-state index contributed by atoms with van der Waals surface area (Å²) in [6, 6.07) is 0. The zero-order chi connectivity index (χ0) is 58.2. The summed E-state index contributed by atoms with van der Waals surface area (Å²) in [5, 5.41) is 0. The van der Waals surface area contributed by atoms with E-state index in [1.807, 2.05) is 0 Å². The molecule has 10 rings (SSSR count). The van der Waals surface area contributed by atoms with Crippen molar-refractivity contribution in [1.29, 1.82) is 0 Å². The van der Waals surface area contributed by atoms with Crippen molar-refractivity contribution in [3.63, 3.8) is 0 Å². The Hall–Kier alpha value is 1.08. The van der Waals surface area contributed by atoms with Crippen LogP contribution in [0.5, 0.6) is 0 Å². The van der Waals surface area contributed by atoms with E-state index in [0.717, 1.165) is 231 Å². The van der Waals surface area contributed by atoms with E-state index < -0.39 is 37.4 Å². The predicted molar refractivity (Wildman–Crippen MR) is 345 cm³/mol. The van der Waals surface area contributed by atoms with Crippen LogP contribution in [0, 0.1) is 53.3 Å². The molecule has 9 saturated carbocycles. The standard InChI is InChI=1S/C63H117ClN5O9P5/c1-46-10-28-55(29-11-46)70-79(64)65-80(71-56-30-12-47(2)13-31-56,72-57-32-14-48(3)15-33-57)67-82(75-60-38-20-51(6)21-39-60,76-61-40-22-52(7)23-41-61)69-83(77-62-42-24-53(8)25-43-62,78-63-44-26-54(9)27-45-63)68-81(66-79,73-58-34-16-49(4)17-35-58)74-59-36-18-50(5)19-37-59/h46-63H,10-45H2,1-9H3. The van der Waals surface area contributed by atoms with Crippen LogP contribution in [0.15, 0.2) is 22.6 Å². The van der Waals surface area contributed by atoms with Crippen molar-refractivity contribution in [3.05, 3.63) is 0 Å². The Balaban J connectivity index is 1.34. The summed E-state index contributed by atoms with van der Waals surface area (Å²) in [4.78, 5) is 0. The lowest BCUT2D eigenvalue weighted by Gasteiger charge is -2.41. The van der Waals surface area contributed by atoms with Gasteiger partial charge in [0.1, 0.15) is 0 Å². The molecular formula is C63H117ClN5O9P5. The highest BCUT2D eigenvalue weighted by atomic mass is 35.7. The molecule has 0 saturated heterocycles. The second-order valence-corrected chi connectivity index (χ2v) is 41.4. The van der Waals surface area contributed by atoms with Crippen molar-refractivity contribution in [2.24, 2.45) is 75.8 Å². The summed E-state index contributed by atoms with van der Waals surface area (Å²) < 4.78 is 103. The second-order valence-electron chi connectivity index (χ2n) is 29.8. The lowest BCUT2D eigenvalue weighted by molar-refractivity contribution is 0.0718. The highest BCUT2D eigenvalue weighted by molar-refractivity contribution is 7.92. The molecule has 9 fully saturated rings. The maximum absolute atomic E-state index is 8.80. The van der Waals surface area contributed by atoms with Crippen molar-refractivity contribution < 1.29 is 40.7 Å². The smallest absolute Gasteiger partial charge is 0.312 e. The predicted octanol–water partition coefficient (Wildman–Crippen LogP) is 24.3. The van der Waals surface area contributed by atoms with Gasteiger partial charge < -0.3 is 40.7 Å². The van der Waals surface area contributed by atoms with Crippen LogP contribution in [0.25, 0.3) is 0 Å². The van der Waals surface area contributed by atoms with E-state index in [0.29, 0.717) is 53.3 Å². The lowest BCUT2D eigenvalue weighted by Crippen LogP contribution is -2.26. The molecule has 0 bridgehead atoms. The molecule has 0 amide bonds. The third-order valence-electron chi connectivity index (χ3n) is 21.4. The summed E-state index contributed by atoms with van der Waals surface area (Å²) >= 11 is 8.80. The molecule has 0 aromatic heterocycles. The van der Waals surface area contributed by atoms with Gasteiger partial charge >= 0.3 is 37.4 Å². The number of halogens is 1. The van der Waals surface area contributed by atoms with Crippen LogP contribution in [0.1, 0.15) is 293 Å². The topological polar surface area (TPSA) is 145 Å². The largest absolute Gasteiger partial charge is 0.349 e. The van der Waals surface area contributed by atoms with Crippen molar-refractivity contribution in [1.82, 2.24) is 0 Å². The molecule has 0 spiro atoms. The highest BCUT2D eigenvalue weighted by Crippen LogP contribution is 2.84. The fraction of sp³-hybridized carbons (Fsp3) is 1.00. The van der Waals surface area contributed by atoms with Gasteiger partial charge in [-0.1, -0.05) is 62.3 Å². The molecule has 83 heavy (non-hydrogen) atoms. The summed E-state index contributed by atoms with van der Waals surface area (Å²) in [5.74, 6) is 5.27. The molecule has 1 aliphatic heterocycles. The number of nitrogens with zero attached hydrogens (tertiary/aromatic N) is 5. The Morgan fingerprint density at radius 2 is 0.325 bits per heavy atom. The average Bonchev–Trinajstić information content (AvgIpc) is 3.55. The van der Waals surface area contributed by atoms with Gasteiger partial charge in [0.05, 0.1) is 54.9 Å². The van der Waals surface area contributed by atoms with E-state index in [1.54, 1.807) is 0 Å². The molecule has 480 valence electrons. The molecule has 0 N–H and O–H groups in total. The first-order valence-corrected chi connectivity index (χ1v) is 43.5. The Kier molecular flexibility index (Phi) is 24.8. The zero-order valence-corrected chi connectivity index (χ0v) is 58.6. The molecule has 1 unspecified atom stereocenters. The van der Waals surface area contributed by atoms with Crippen LogP contribution < -0.4 is 0 Å². The zero-order valence-electron chi connectivity index (χ0n) is 53.4. The Morgan fingerprint density at radius 3 is 0.494 bits per heavy atom. The lowest BCUT2D eigenvalue weighted by atomic mass is 9.89. The average molecular weight is 1280 g/mol. The fourth-order valence-corrected chi connectivity index (χ4v) is 33.5. The maximum Gasteiger partial charge on any atom is 0.349 e. The van der Waals surface area contributed by atoms with Gasteiger partial charge in [-0.25, -0.2) is 0 Å². The van der Waals surface area contributed by atoms with E-state index in [4.69, 9.17) is 74.5 Å². The number of hydrogen-bond donors (Lipinski definition) is 0. The second kappa shape index (κ2) is 30.7. The molecule has 0 aromatic rings. The van der Waals surface area contributed by atoms with Gasteiger partial charge in [-0.2, -0.15) is 9.03 Å². The Morgan fingerprint density at radius 1 is 0.193 bits per heavy atom. The van der Waals surface area contributed by atoms with Gasteiger partial charge in [0, 0.05) is 0 Å². The molecule has 10 aliphatic rings. The van der Waals surface area contributed by atoms with E-state index in [-0.39, 0.29) is 54.9 Å². The van der Waals surface area contributed by atoms with Crippen molar-refractivity contribution >= 4 is 48.7 Å². The molecule has 0 aromatic carbocycles. The van der Waals surface area contributed by atoms with E-state index in [2.05, 4.69) is 62.3 Å². The SMILES string of the molecule is CC1CCC(OP2(Cl)=NP(OC3CCC(C)CC3)(OC3CCC(C)CC3)=NP(OC3CCC(C)CC3)(OC3CCC(C)CC3)=NP(OC3CCC(C)CC3)(OC3CCC(C)CC3)=NP(OC3CCC(C)CC3)(OC3CCC(C)CC3)=N2)CC1. The van der Waals surface area contributed by atoms with Crippen LogP contribution in [-0.4, -0.2) is 54.9 Å². The van der Waals surface area contributed by atoms with Gasteiger partial charge in [-0.3, -0.25) is 0 Å². The van der Waals surface area contributed by atoms with Gasteiger partial charge in [0.2, 0.25) is 0 Å². The number of hydrogen-bond acceptors (Lipinski definition) is 14. The van der Waals surface area contributed by atoms with Gasteiger partial charge in [0.15, 0.2) is 0 Å². The normalized spacial score (nSPS) is 48.0. The van der Waals surface area contributed by atoms with Gasteiger partial charge in [-0.05, 0) is 296 Å². The van der Waals surface area contributed by atoms with Crippen molar-refractivity contribution in [3.8, 4) is 0 Å². The molecular weight excluding hydrogens is 1160 g/mol. The van der Waals surface area contributed by atoms with Gasteiger partial charge in [-0.15, -0.1) is 13.5 Å². The highest BCUT2D eigenvalue weighted by Gasteiger charge is 2.50. The molecule has 9 aliphatic carbocycles. The third-order valence-corrected chi connectivity index (χ3v) is 37.0. The van der Waals surface area contributed by atoms with Crippen molar-refractivity contribution in [2.75, 3.05) is 0 Å². The Labute approximate surface area is 510 Å². The first-order valence-electron chi connectivity index (χ1n) is 34.8. The van der Waals surface area contributed by atoms with Gasteiger partial charge in [0.25, 0.3) is 0 Å². The summed E-state index contributed by atoms with van der Waals surface area (Å²) in [5.41, 5.74) is 0. The maximum atomic E-state index is 8.80. The summed E-state index contributed by atoms with van der Waals surface area (Å²) in [6.07, 6.45) is 32.4. The molecule has 1 heterocycles. The molecule has 14 nitrogen and oxygen atoms in total. The van der Waals surface area contributed by atoms with E-state index in [1.165, 1.54) is 0 Å².